The van der Waals surface area contributed by atoms with E-state index in [2.05, 4.69) is 31.9 Å². The smallest absolute Gasteiger partial charge is 0.410 e. The first-order chi connectivity index (χ1) is 41.4. The molecule has 2 heterocycles. The number of benzene rings is 2. The van der Waals surface area contributed by atoms with E-state index in [4.69, 9.17) is 14.2 Å². The van der Waals surface area contributed by atoms with Gasteiger partial charge < -0.3 is 61.0 Å². The maximum atomic E-state index is 14.8. The third-order valence-corrected chi connectivity index (χ3v) is 17.0. The van der Waals surface area contributed by atoms with E-state index in [-0.39, 0.29) is 37.3 Å². The molecular formula is C64H98N10O14. The van der Waals surface area contributed by atoms with Gasteiger partial charge in [0, 0.05) is 59.2 Å². The van der Waals surface area contributed by atoms with Crippen molar-refractivity contribution in [2.75, 3.05) is 53.8 Å². The van der Waals surface area contributed by atoms with E-state index < -0.39 is 137 Å². The maximum absolute atomic E-state index is 14.8. The number of hydrogen-bond acceptors (Lipinski definition) is 15. The molecular weight excluding hydrogens is 1130 g/mol. The van der Waals surface area contributed by atoms with Gasteiger partial charge in [0.15, 0.2) is 0 Å². The Kier molecular flexibility index (Phi) is 27.7. The molecule has 1 fully saturated rings. The topological polar surface area (TPSA) is 304 Å². The Labute approximate surface area is 519 Å². The van der Waals surface area contributed by atoms with Crippen molar-refractivity contribution in [1.82, 2.24) is 46.2 Å². The highest BCUT2D eigenvalue weighted by atomic mass is 16.6. The Balaban J connectivity index is 1.37. The van der Waals surface area contributed by atoms with Gasteiger partial charge in [-0.05, 0) is 87.6 Å². The first kappa shape index (κ1) is 73.2. The highest BCUT2D eigenvalue weighted by molar-refractivity contribution is 6.16. The van der Waals surface area contributed by atoms with Crippen molar-refractivity contribution in [3.63, 3.8) is 0 Å². The minimum absolute atomic E-state index is 0.0854. The highest BCUT2D eigenvalue weighted by Gasteiger charge is 2.48. The summed E-state index contributed by atoms with van der Waals surface area (Å²) in [5.74, 6) is -7.04. The number of aliphatic hydroxyl groups excluding tert-OH is 1. The molecule has 2 aliphatic heterocycles. The molecule has 24 nitrogen and oxygen atoms in total. The highest BCUT2D eigenvalue weighted by Crippen LogP contribution is 2.31. The number of likely N-dealkylation sites (N-methyl/N-ethyl adjacent to an activating group) is 3. The number of rotatable bonds is 32. The molecule has 1 saturated heterocycles. The number of imide groups is 1. The summed E-state index contributed by atoms with van der Waals surface area (Å²) in [5.41, 5.74) is -0.101. The summed E-state index contributed by atoms with van der Waals surface area (Å²) in [6, 6.07) is 9.47. The number of methoxy groups -OCH3 is 2. The van der Waals surface area contributed by atoms with Crippen LogP contribution in [0.4, 0.5) is 10.5 Å². The first-order valence-electron chi connectivity index (χ1n) is 30.5. The SMILES string of the molecule is CC[C@H](C)[C@@H]([C@@H](CC(=O)N1CCC[C@H]1[C@H](OC)[C@@H](C)C(=O)N[C@H](C)[C@@H](O)c1ccccc1)OC)N(C)C(=O)[C@@H](NC(=O)[C@H](C(C)C)N(C)C(=O)OCc1ccc(NC(=O)[C@H](C)NC(=O)[C@@H](NC(=O)[C@@](C)(CNC)N2C(=O)C=CC2=O)C(C)C)cc1)C(C)C. The number of nitrogens with one attached hydrogen (secondary N) is 6. The summed E-state index contributed by atoms with van der Waals surface area (Å²) in [6.45, 7) is 21.0. The van der Waals surface area contributed by atoms with Crippen molar-refractivity contribution in [3.8, 4) is 0 Å². The van der Waals surface area contributed by atoms with Crippen LogP contribution >= 0.6 is 0 Å². The largest absolute Gasteiger partial charge is 0.445 e. The van der Waals surface area contributed by atoms with Crippen LogP contribution < -0.4 is 31.9 Å². The van der Waals surface area contributed by atoms with Gasteiger partial charge in [-0.3, -0.25) is 53.0 Å². The summed E-state index contributed by atoms with van der Waals surface area (Å²) in [5, 5.41) is 27.7. The minimum Gasteiger partial charge on any atom is -0.445 e. The van der Waals surface area contributed by atoms with Crippen LogP contribution in [0.25, 0.3) is 0 Å². The monoisotopic (exact) mass is 1230 g/mol. The lowest BCUT2D eigenvalue weighted by molar-refractivity contribution is -0.152. The van der Waals surface area contributed by atoms with Crippen molar-refractivity contribution in [2.24, 2.45) is 29.6 Å². The van der Waals surface area contributed by atoms with E-state index in [9.17, 15) is 53.1 Å². The number of ether oxygens (including phenoxy) is 3. The molecule has 0 saturated carbocycles. The predicted octanol–water partition coefficient (Wildman–Crippen LogP) is 4.07. The summed E-state index contributed by atoms with van der Waals surface area (Å²) in [6.07, 6.45) is 0.781. The molecule has 0 spiro atoms. The van der Waals surface area contributed by atoms with Crippen molar-refractivity contribution >= 4 is 64.9 Å². The molecule has 24 heteroatoms. The van der Waals surface area contributed by atoms with E-state index >= 15 is 0 Å². The average Bonchev–Trinajstić information content (AvgIpc) is 4.13. The van der Waals surface area contributed by atoms with Crippen LogP contribution in [0.2, 0.25) is 0 Å². The molecule has 2 aliphatic rings. The number of amides is 10. The fourth-order valence-corrected chi connectivity index (χ4v) is 11.6. The van der Waals surface area contributed by atoms with Gasteiger partial charge in [0.1, 0.15) is 36.3 Å². The molecule has 7 N–H and O–H groups in total. The normalized spacial score (nSPS) is 18.6. The Morgan fingerprint density at radius 2 is 1.33 bits per heavy atom. The first-order valence-corrected chi connectivity index (χ1v) is 30.5. The average molecular weight is 1230 g/mol. The van der Waals surface area contributed by atoms with Crippen molar-refractivity contribution in [1.29, 1.82) is 0 Å². The van der Waals surface area contributed by atoms with Gasteiger partial charge in [0.25, 0.3) is 11.8 Å². The van der Waals surface area contributed by atoms with Crippen LogP contribution in [0.1, 0.15) is 126 Å². The van der Waals surface area contributed by atoms with Crippen LogP contribution in [0.3, 0.4) is 0 Å². The molecule has 2 aromatic rings. The molecule has 88 heavy (non-hydrogen) atoms. The third kappa shape index (κ3) is 18.4. The molecule has 4 rings (SSSR count). The lowest BCUT2D eigenvalue weighted by Gasteiger charge is -2.41. The molecule has 0 radical (unpaired) electrons. The lowest BCUT2D eigenvalue weighted by Crippen LogP contribution is -2.66. The molecule has 10 amide bonds. The number of hydrogen-bond donors (Lipinski definition) is 7. The Hall–Kier alpha value is -7.28. The van der Waals surface area contributed by atoms with Crippen molar-refractivity contribution < 1.29 is 67.3 Å². The third-order valence-electron chi connectivity index (χ3n) is 17.0. The molecule has 0 unspecified atom stereocenters. The number of likely N-dealkylation sites (tertiary alicyclic amines) is 1. The van der Waals surface area contributed by atoms with Crippen LogP contribution in [-0.2, 0) is 64.0 Å². The molecule has 0 aromatic heterocycles. The van der Waals surface area contributed by atoms with E-state index in [0.29, 0.717) is 42.6 Å². The lowest BCUT2D eigenvalue weighted by atomic mass is 9.89. The summed E-state index contributed by atoms with van der Waals surface area (Å²) < 4.78 is 17.7. The fourth-order valence-electron chi connectivity index (χ4n) is 11.6. The number of aliphatic hydroxyl groups is 1. The predicted molar refractivity (Wildman–Crippen MR) is 331 cm³/mol. The van der Waals surface area contributed by atoms with Gasteiger partial charge >= 0.3 is 6.09 Å². The Morgan fingerprint density at radius 1 is 0.727 bits per heavy atom. The zero-order chi connectivity index (χ0) is 66.1. The number of carbonyl (C=O) groups is 10. The Morgan fingerprint density at radius 3 is 1.86 bits per heavy atom. The summed E-state index contributed by atoms with van der Waals surface area (Å²) in [4.78, 5) is 142. The van der Waals surface area contributed by atoms with Gasteiger partial charge in [0.05, 0.1) is 48.8 Å². The van der Waals surface area contributed by atoms with E-state index in [0.717, 1.165) is 17.1 Å². The Bertz CT molecular complexity index is 2750. The second kappa shape index (κ2) is 33.3. The zero-order valence-electron chi connectivity index (χ0n) is 54.5. The summed E-state index contributed by atoms with van der Waals surface area (Å²) in [7, 11) is 7.65. The number of nitrogens with zero attached hydrogens (tertiary/aromatic N) is 4. The van der Waals surface area contributed by atoms with Gasteiger partial charge in [-0.2, -0.15) is 0 Å². The standard InChI is InChI=1S/C64H98N10O14/c1-18-39(8)54(47(86-16)33-50(77)73-32-22-25-46(73)56(87-17)40(9)57(79)66-41(10)55(78)44-23-20-19-21-24-44)71(14)61(83)52(37(4)5)69-60(82)53(38(6)7)72(15)63(85)88-34-43-26-28-45(29-27-43)68-58(80)42(11)67-59(81)51(36(2)3)70-62(84)64(12,35-65-13)74-48(75)30-31-49(74)76/h19-21,23-24,26-31,36-42,46-47,51-56,65,78H,18,22,25,32-35H2,1-17H3,(H,66,79)(H,67,81)(H,68,80)(H,69,82)(H,70,84)/t39-,40+,41+,42-,46-,47+,51-,52-,53-,54-,55+,56+,64+/m0/s1. The van der Waals surface area contributed by atoms with E-state index in [1.165, 1.54) is 40.0 Å². The molecule has 13 atom stereocenters. The van der Waals surface area contributed by atoms with Gasteiger partial charge in [0.2, 0.25) is 41.4 Å². The van der Waals surface area contributed by atoms with Crippen molar-refractivity contribution in [2.45, 2.75) is 182 Å². The number of anilines is 1. The maximum Gasteiger partial charge on any atom is 0.410 e. The van der Waals surface area contributed by atoms with Crippen LogP contribution in [-0.4, -0.2) is 192 Å². The minimum atomic E-state index is -1.67. The van der Waals surface area contributed by atoms with Gasteiger partial charge in [-0.15, -0.1) is 0 Å². The molecule has 0 aliphatic carbocycles. The quantitative estimate of drug-likeness (QED) is 0.0508. The fraction of sp³-hybridized carbons (Fsp3) is 0.625. The zero-order valence-corrected chi connectivity index (χ0v) is 54.5. The summed E-state index contributed by atoms with van der Waals surface area (Å²) >= 11 is 0. The van der Waals surface area contributed by atoms with Crippen LogP contribution in [0.5, 0.6) is 0 Å². The molecule has 2 aromatic carbocycles. The molecule has 0 bridgehead atoms. The molecule has 488 valence electrons. The van der Waals surface area contributed by atoms with Crippen LogP contribution in [0, 0.1) is 29.6 Å². The second-order valence-corrected chi connectivity index (χ2v) is 24.6. The van der Waals surface area contributed by atoms with Gasteiger partial charge in [-0.25, -0.2) is 4.79 Å². The van der Waals surface area contributed by atoms with Crippen LogP contribution in [0.15, 0.2) is 66.7 Å². The van der Waals surface area contributed by atoms with Gasteiger partial charge in [-0.1, -0.05) is 111 Å². The van der Waals surface area contributed by atoms with Crippen molar-refractivity contribution in [3.05, 3.63) is 77.9 Å². The van der Waals surface area contributed by atoms with E-state index in [1.54, 1.807) is 116 Å². The van der Waals surface area contributed by atoms with E-state index in [1.807, 2.05) is 32.0 Å². The number of carbonyl (C=O) groups excluding carboxylic acids is 10. The second-order valence-electron chi connectivity index (χ2n) is 24.6.